The molecule has 2 N–H and O–H groups in total. The van der Waals surface area contributed by atoms with E-state index in [1.165, 1.54) is 22.7 Å². The number of nitrogens with zero attached hydrogens (tertiary/aromatic N) is 1. The SMILES string of the molecule is CC(C)CNC(=O)c1ccc(C[NH+]2CCn3cccc3[C@H]2c2ccc(F)cc2)o1. The Morgan fingerprint density at radius 2 is 2.03 bits per heavy atom. The summed E-state index contributed by atoms with van der Waals surface area (Å²) in [5, 5.41) is 2.89. The summed E-state index contributed by atoms with van der Waals surface area (Å²) in [6.45, 7) is 7.22. The average Bonchev–Trinajstić information content (AvgIpc) is 3.36. The molecule has 1 aliphatic rings. The van der Waals surface area contributed by atoms with Crippen molar-refractivity contribution in [3.63, 3.8) is 0 Å². The van der Waals surface area contributed by atoms with Gasteiger partial charge in [-0.15, -0.1) is 0 Å². The van der Waals surface area contributed by atoms with Crippen molar-refractivity contribution in [2.24, 2.45) is 5.92 Å². The van der Waals surface area contributed by atoms with Gasteiger partial charge in [-0.1, -0.05) is 13.8 Å². The molecule has 0 saturated carbocycles. The number of benzene rings is 1. The van der Waals surface area contributed by atoms with Gasteiger partial charge < -0.3 is 19.2 Å². The molecule has 2 atom stereocenters. The molecule has 29 heavy (non-hydrogen) atoms. The maximum absolute atomic E-state index is 13.5. The molecular formula is C23H27FN3O2+. The fourth-order valence-corrected chi connectivity index (χ4v) is 3.97. The molecule has 4 rings (SSSR count). The molecule has 3 heterocycles. The molecule has 152 valence electrons. The van der Waals surface area contributed by atoms with Crippen LogP contribution in [0.5, 0.6) is 0 Å². The normalized spacial score (nSPS) is 18.6. The number of aromatic nitrogens is 1. The van der Waals surface area contributed by atoms with E-state index in [0.29, 0.717) is 24.8 Å². The first-order valence-electron chi connectivity index (χ1n) is 10.1. The Balaban J connectivity index is 1.54. The number of fused-ring (bicyclic) bond motifs is 1. The molecule has 0 aliphatic carbocycles. The van der Waals surface area contributed by atoms with Crippen molar-refractivity contribution in [3.8, 4) is 0 Å². The van der Waals surface area contributed by atoms with Crippen LogP contribution >= 0.6 is 0 Å². The number of furan rings is 1. The summed E-state index contributed by atoms with van der Waals surface area (Å²) in [4.78, 5) is 13.6. The van der Waals surface area contributed by atoms with Gasteiger partial charge in [-0.2, -0.15) is 0 Å². The highest BCUT2D eigenvalue weighted by Gasteiger charge is 2.33. The molecule has 6 heteroatoms. The van der Waals surface area contributed by atoms with E-state index in [4.69, 9.17) is 4.42 Å². The first-order valence-corrected chi connectivity index (χ1v) is 10.1. The van der Waals surface area contributed by atoms with Crippen molar-refractivity contribution in [1.29, 1.82) is 0 Å². The minimum atomic E-state index is -0.232. The van der Waals surface area contributed by atoms with Crippen LogP contribution in [0, 0.1) is 11.7 Å². The predicted molar refractivity (Wildman–Crippen MR) is 108 cm³/mol. The molecule has 0 radical (unpaired) electrons. The van der Waals surface area contributed by atoms with Gasteiger partial charge in [0.2, 0.25) is 0 Å². The number of hydrogen-bond acceptors (Lipinski definition) is 2. The number of quaternary nitrogens is 1. The topological polar surface area (TPSA) is 51.6 Å². The fraction of sp³-hybridized carbons (Fsp3) is 0.348. The molecule has 0 bridgehead atoms. The fourth-order valence-electron chi connectivity index (χ4n) is 3.97. The van der Waals surface area contributed by atoms with E-state index in [2.05, 4.69) is 42.1 Å². The van der Waals surface area contributed by atoms with Gasteiger partial charge in [-0.05, 0) is 54.4 Å². The van der Waals surface area contributed by atoms with Crippen LogP contribution in [0.4, 0.5) is 4.39 Å². The second-order valence-corrected chi connectivity index (χ2v) is 8.07. The number of carbonyl (C=O) groups excluding carboxylic acids is 1. The van der Waals surface area contributed by atoms with Crippen molar-refractivity contribution in [2.75, 3.05) is 13.1 Å². The van der Waals surface area contributed by atoms with Gasteiger partial charge in [0.05, 0.1) is 18.8 Å². The minimum absolute atomic E-state index is 0.0858. The maximum Gasteiger partial charge on any atom is 0.287 e. The number of amides is 1. The summed E-state index contributed by atoms with van der Waals surface area (Å²) in [7, 11) is 0. The first kappa shape index (κ1) is 19.5. The van der Waals surface area contributed by atoms with Crippen LogP contribution in [-0.2, 0) is 13.1 Å². The molecule has 1 amide bonds. The monoisotopic (exact) mass is 396 g/mol. The van der Waals surface area contributed by atoms with Crippen LogP contribution in [-0.4, -0.2) is 23.6 Å². The smallest absolute Gasteiger partial charge is 0.287 e. The van der Waals surface area contributed by atoms with E-state index in [0.717, 1.165) is 24.4 Å². The van der Waals surface area contributed by atoms with E-state index >= 15 is 0 Å². The second kappa shape index (κ2) is 8.25. The third-order valence-electron chi connectivity index (χ3n) is 5.40. The Hall–Kier alpha value is -2.86. The summed E-state index contributed by atoms with van der Waals surface area (Å²) in [5.74, 6) is 1.10. The zero-order valence-corrected chi connectivity index (χ0v) is 16.8. The lowest BCUT2D eigenvalue weighted by Crippen LogP contribution is -3.12. The van der Waals surface area contributed by atoms with Gasteiger partial charge >= 0.3 is 0 Å². The molecule has 2 aromatic heterocycles. The summed E-state index contributed by atoms with van der Waals surface area (Å²) in [5.41, 5.74) is 2.28. The minimum Gasteiger partial charge on any atom is -0.450 e. The van der Waals surface area contributed by atoms with E-state index < -0.39 is 0 Å². The Morgan fingerprint density at radius 3 is 2.79 bits per heavy atom. The van der Waals surface area contributed by atoms with Gasteiger partial charge in [0.1, 0.15) is 12.4 Å². The van der Waals surface area contributed by atoms with Gasteiger partial charge in [0, 0.05) is 18.3 Å². The molecule has 5 nitrogen and oxygen atoms in total. The van der Waals surface area contributed by atoms with Gasteiger partial charge in [0.15, 0.2) is 17.6 Å². The van der Waals surface area contributed by atoms with E-state index in [1.54, 1.807) is 6.07 Å². The second-order valence-electron chi connectivity index (χ2n) is 8.07. The summed E-state index contributed by atoms with van der Waals surface area (Å²) in [6, 6.07) is 14.6. The quantitative estimate of drug-likeness (QED) is 0.673. The molecule has 0 spiro atoms. The zero-order chi connectivity index (χ0) is 20.4. The van der Waals surface area contributed by atoms with E-state index in [-0.39, 0.29) is 17.8 Å². The van der Waals surface area contributed by atoms with Crippen LogP contribution in [0.15, 0.2) is 59.1 Å². The highest BCUT2D eigenvalue weighted by Crippen LogP contribution is 2.23. The Labute approximate surface area is 170 Å². The highest BCUT2D eigenvalue weighted by atomic mass is 19.1. The third-order valence-corrected chi connectivity index (χ3v) is 5.40. The van der Waals surface area contributed by atoms with Gasteiger partial charge in [-0.3, -0.25) is 4.79 Å². The molecule has 0 fully saturated rings. The van der Waals surface area contributed by atoms with Crippen LogP contribution in [0.3, 0.4) is 0 Å². The van der Waals surface area contributed by atoms with Crippen molar-refractivity contribution in [3.05, 3.63) is 83.3 Å². The van der Waals surface area contributed by atoms with Crippen LogP contribution in [0.1, 0.15) is 47.5 Å². The molecule has 1 aromatic carbocycles. The van der Waals surface area contributed by atoms with Crippen molar-refractivity contribution in [2.45, 2.75) is 33.0 Å². The molecule has 0 saturated heterocycles. The predicted octanol–water partition coefficient (Wildman–Crippen LogP) is 2.79. The summed E-state index contributed by atoms with van der Waals surface area (Å²) >= 11 is 0. The molecular weight excluding hydrogens is 369 g/mol. The third kappa shape index (κ3) is 4.27. The van der Waals surface area contributed by atoms with Crippen LogP contribution in [0.2, 0.25) is 0 Å². The van der Waals surface area contributed by atoms with Crippen molar-refractivity contribution >= 4 is 5.91 Å². The first-order chi connectivity index (χ1) is 14.0. The Kier molecular flexibility index (Phi) is 5.53. The Morgan fingerprint density at radius 1 is 1.24 bits per heavy atom. The molecule has 1 unspecified atom stereocenters. The van der Waals surface area contributed by atoms with Gasteiger partial charge in [0.25, 0.3) is 5.91 Å². The lowest BCUT2D eigenvalue weighted by Gasteiger charge is -2.33. The highest BCUT2D eigenvalue weighted by molar-refractivity contribution is 5.91. The standard InChI is InChI=1S/C23H26FN3O2/c1-16(2)14-25-23(28)21-10-9-19(29-21)15-27-13-12-26-11-3-4-20(26)22(27)17-5-7-18(24)8-6-17/h3-11,16,22H,12-15H2,1-2H3,(H,25,28)/p+1/t22-/m1/s1. The molecule has 1 aliphatic heterocycles. The van der Waals surface area contributed by atoms with E-state index in [1.807, 2.05) is 18.2 Å². The number of hydrogen-bond donors (Lipinski definition) is 2. The Bertz CT molecular complexity index is 974. The van der Waals surface area contributed by atoms with E-state index in [9.17, 15) is 9.18 Å². The lowest BCUT2D eigenvalue weighted by atomic mass is 9.99. The maximum atomic E-state index is 13.5. The summed E-state index contributed by atoms with van der Waals surface area (Å²) < 4.78 is 21.6. The number of halogens is 1. The number of carbonyl (C=O) groups is 1. The van der Waals surface area contributed by atoms with Crippen LogP contribution < -0.4 is 10.2 Å². The number of rotatable bonds is 6. The van der Waals surface area contributed by atoms with Crippen LogP contribution in [0.25, 0.3) is 0 Å². The summed E-state index contributed by atoms with van der Waals surface area (Å²) in [6.07, 6.45) is 2.09. The van der Waals surface area contributed by atoms with Gasteiger partial charge in [-0.25, -0.2) is 4.39 Å². The van der Waals surface area contributed by atoms with Crippen molar-refractivity contribution < 1.29 is 18.5 Å². The van der Waals surface area contributed by atoms with Crippen molar-refractivity contribution in [1.82, 2.24) is 9.88 Å². The average molecular weight is 396 g/mol. The number of nitrogens with one attached hydrogen (secondary N) is 2. The lowest BCUT2D eigenvalue weighted by molar-refractivity contribution is -0.944. The largest absolute Gasteiger partial charge is 0.450 e. The molecule has 3 aromatic rings. The zero-order valence-electron chi connectivity index (χ0n) is 16.8.